The summed E-state index contributed by atoms with van der Waals surface area (Å²) in [5.74, 6) is 0. The molecule has 0 rings (SSSR count). The van der Waals surface area contributed by atoms with Gasteiger partial charge in [-0.05, 0) is 0 Å². The fourth-order valence-electron chi connectivity index (χ4n) is 0. The quantitative estimate of drug-likeness (QED) is 0.275. The smallest absolute Gasteiger partial charge is 0.512 e. The molecule has 0 bridgehead atoms. The average Bonchev–Trinajstić information content (AvgIpc) is 2.84. The molecule has 0 spiro atoms. The molecule has 0 heterocycles. The molecule has 0 aliphatic rings. The summed E-state index contributed by atoms with van der Waals surface area (Å²) in [5, 5.41) is 75.0. The van der Waals surface area contributed by atoms with Crippen molar-refractivity contribution in [3.63, 3.8) is 0 Å². The van der Waals surface area contributed by atoms with Crippen LogP contribution in [0, 0.1) is 142 Å². The Kier molecular flexibility index (Phi) is 9790. The molecule has 12 nitrogen and oxygen atoms in total. The molecule has 0 aromatic carbocycles. The molecule has 0 saturated heterocycles. The van der Waals surface area contributed by atoms with Gasteiger partial charge in [-0.1, -0.05) is 0 Å². The number of hydrogen-bond donors (Lipinski definition) is 0. The largest absolute Gasteiger partial charge is 3.00 e. The van der Waals surface area contributed by atoms with Crippen molar-refractivity contribution in [2.45, 2.75) is 0 Å². The van der Waals surface area contributed by atoms with Crippen LogP contribution < -0.4 is 0 Å². The van der Waals surface area contributed by atoms with Crippen LogP contribution >= 0.6 is 0 Å². The zero-order valence-electron chi connectivity index (χ0n) is 14.3. The van der Waals surface area contributed by atoms with Gasteiger partial charge in [-0.25, -0.2) is 0 Å². The number of nitrogens with zero attached hydrogens (tertiary/aromatic N) is 12. The molecule has 0 amide bonds. The van der Waals surface area contributed by atoms with E-state index in [1.54, 1.807) is 0 Å². The van der Waals surface area contributed by atoms with Gasteiger partial charge in [0.05, 0.1) is 0 Å². The van der Waals surface area contributed by atoms with Gasteiger partial charge in [0.25, 0.3) is 0 Å². The van der Waals surface area contributed by atoms with Crippen LogP contribution in [0.3, 0.4) is 0 Å². The Hall–Kier alpha value is -3.18. The van der Waals surface area contributed by atoms with Crippen LogP contribution in [-0.4, -0.2) is 0 Å². The van der Waals surface area contributed by atoms with Gasteiger partial charge < -0.3 is 142 Å². The topological polar surface area (TPSA) is 285 Å². The van der Waals surface area contributed by atoms with E-state index in [2.05, 4.69) is 0 Å². The minimum Gasteiger partial charge on any atom is -0.512 e. The van der Waals surface area contributed by atoms with E-state index in [0.29, 0.717) is 0 Å². The first-order chi connectivity index (χ1) is 12.0. The molecular formula is C12Cr2N12Zn3. The Morgan fingerprint density at radius 1 is 0.172 bits per heavy atom. The van der Waals surface area contributed by atoms with Crippen molar-refractivity contribution in [2.75, 3.05) is 0 Å². The Morgan fingerprint density at radius 2 is 0.172 bits per heavy atom. The van der Waals surface area contributed by atoms with Crippen LogP contribution in [0.2, 0.25) is 0 Å². The Morgan fingerprint density at radius 3 is 0.172 bits per heavy atom. The summed E-state index contributed by atoms with van der Waals surface area (Å²) in [6.45, 7) is 57.0. The molecule has 0 aliphatic heterocycles. The Balaban J connectivity index is -0.00000000356. The molecule has 0 N–H and O–H groups in total. The molecular weight excluding hydrogens is 612 g/mol. The fraction of sp³-hybridized carbons (Fsp3) is 0. The monoisotopic (exact) mass is 608 g/mol. The SMILES string of the molecule is [C-]#N.[C-]#N.[C-]#N.[C-]#N.[C-]#N.[C-]#N.[C-]#N.[C-]#N.[C-]#N.[C-]#N.[C-]#N.[C-]#N.[Cr+3].[Cr+3].[Zn+2].[Zn+2].[Zn+2]. The van der Waals surface area contributed by atoms with Gasteiger partial charge in [0.15, 0.2) is 0 Å². The van der Waals surface area contributed by atoms with Crippen molar-refractivity contribution in [3.8, 4) is 0 Å². The van der Waals surface area contributed by atoms with E-state index in [4.69, 9.17) is 142 Å². The van der Waals surface area contributed by atoms with E-state index >= 15 is 0 Å². The maximum atomic E-state index is 6.25. The molecule has 17 heteroatoms. The van der Waals surface area contributed by atoms with E-state index in [-0.39, 0.29) is 93.2 Å². The van der Waals surface area contributed by atoms with Gasteiger partial charge in [0.1, 0.15) is 0 Å². The maximum absolute atomic E-state index is 6.25. The van der Waals surface area contributed by atoms with Crippen LogP contribution in [0.25, 0.3) is 0 Å². The minimum absolute atomic E-state index is 0. The van der Waals surface area contributed by atoms with Crippen molar-refractivity contribution < 1.29 is 93.2 Å². The summed E-state index contributed by atoms with van der Waals surface area (Å²) in [6.07, 6.45) is 0. The molecule has 126 valence electrons. The summed E-state index contributed by atoms with van der Waals surface area (Å²) >= 11 is 0. The first kappa shape index (κ1) is 205. The Bertz CT molecular complexity index is 234. The van der Waals surface area contributed by atoms with Gasteiger partial charge in [-0.3, -0.25) is 0 Å². The third-order valence-corrected chi connectivity index (χ3v) is 0. The number of rotatable bonds is 0. The second-order valence-electron chi connectivity index (χ2n) is 0. The average molecular weight is 612 g/mol. The van der Waals surface area contributed by atoms with Crippen molar-refractivity contribution >= 4 is 0 Å². The van der Waals surface area contributed by atoms with Crippen molar-refractivity contribution in [2.24, 2.45) is 0 Å². The standard InChI is InChI=1S/12CN.2Cr.3Zn/c12*1-2;;;;;/q12*-1;2*+3;3*+2. The first-order valence-electron chi connectivity index (χ1n) is 2.68. The molecule has 2 radical (unpaired) electrons. The van der Waals surface area contributed by atoms with Crippen molar-refractivity contribution in [3.05, 3.63) is 78.9 Å². The predicted octanol–water partition coefficient (Wildman–Crippen LogP) is 1.14. The minimum atomic E-state index is 0. The van der Waals surface area contributed by atoms with E-state index in [0.717, 1.165) is 0 Å². The van der Waals surface area contributed by atoms with E-state index in [9.17, 15) is 0 Å². The van der Waals surface area contributed by atoms with Gasteiger partial charge in [0.2, 0.25) is 0 Å². The summed E-state index contributed by atoms with van der Waals surface area (Å²) in [6, 6.07) is 0. The molecule has 0 atom stereocenters. The summed E-state index contributed by atoms with van der Waals surface area (Å²) in [7, 11) is 0. The van der Waals surface area contributed by atoms with Crippen molar-refractivity contribution in [1.29, 1.82) is 63.1 Å². The van der Waals surface area contributed by atoms with Crippen LogP contribution in [-0.2, 0) is 93.2 Å². The second-order valence-corrected chi connectivity index (χ2v) is 0. The van der Waals surface area contributed by atoms with Gasteiger partial charge in [-0.15, -0.1) is 0 Å². The zero-order valence-corrected chi connectivity index (χ0v) is 25.8. The molecule has 0 fully saturated rings. The second kappa shape index (κ2) is 1390. The maximum Gasteiger partial charge on any atom is 3.00 e. The Labute approximate surface area is 233 Å². The summed E-state index contributed by atoms with van der Waals surface area (Å²) in [4.78, 5) is 0. The summed E-state index contributed by atoms with van der Waals surface area (Å²) < 4.78 is 0. The van der Waals surface area contributed by atoms with Crippen LogP contribution in [0.4, 0.5) is 0 Å². The molecule has 29 heavy (non-hydrogen) atoms. The predicted molar refractivity (Wildman–Crippen MR) is 59.6 cm³/mol. The van der Waals surface area contributed by atoms with Crippen LogP contribution in [0.1, 0.15) is 0 Å². The zero-order chi connectivity index (χ0) is 24.0. The summed E-state index contributed by atoms with van der Waals surface area (Å²) in [5.41, 5.74) is 0. The van der Waals surface area contributed by atoms with E-state index in [1.807, 2.05) is 0 Å². The molecule has 0 aromatic heterocycles. The molecule has 0 aromatic rings. The van der Waals surface area contributed by atoms with Gasteiger partial charge >= 0.3 is 93.2 Å². The molecule has 0 unspecified atom stereocenters. The normalized spacial score (nSPS) is 0.828. The third-order valence-electron chi connectivity index (χ3n) is 0. The van der Waals surface area contributed by atoms with Gasteiger partial charge in [-0.2, -0.15) is 0 Å². The van der Waals surface area contributed by atoms with Crippen LogP contribution in [0.15, 0.2) is 0 Å². The number of hydrogen-bond acceptors (Lipinski definition) is 12. The molecule has 0 saturated carbocycles. The van der Waals surface area contributed by atoms with E-state index < -0.39 is 0 Å². The molecule has 0 aliphatic carbocycles. The first-order valence-corrected chi connectivity index (χ1v) is 2.68. The van der Waals surface area contributed by atoms with Gasteiger partial charge in [0, 0.05) is 0 Å². The van der Waals surface area contributed by atoms with E-state index in [1.165, 1.54) is 0 Å². The fourth-order valence-corrected chi connectivity index (χ4v) is 0. The van der Waals surface area contributed by atoms with Crippen LogP contribution in [0.5, 0.6) is 0 Å². The van der Waals surface area contributed by atoms with Crippen molar-refractivity contribution in [1.82, 2.24) is 0 Å². The third kappa shape index (κ3) is 1270.